The fraction of sp³-hybridized carbons (Fsp3) is 0.471. The topological polar surface area (TPSA) is 38.7 Å². The summed E-state index contributed by atoms with van der Waals surface area (Å²) in [7, 11) is 0. The Bertz CT molecular complexity index is 607. The summed E-state index contributed by atoms with van der Waals surface area (Å²) < 4.78 is 0. The van der Waals surface area contributed by atoms with Crippen molar-refractivity contribution >= 4 is 34.0 Å². The van der Waals surface area contributed by atoms with E-state index in [1.54, 1.807) is 40.2 Å². The van der Waals surface area contributed by atoms with Crippen LogP contribution in [-0.2, 0) is 5.41 Å². The molecule has 0 aliphatic carbocycles. The highest BCUT2D eigenvalue weighted by molar-refractivity contribution is 7.09. The lowest BCUT2D eigenvalue weighted by Crippen LogP contribution is -2.10. The fourth-order valence-electron chi connectivity index (χ4n) is 1.39. The molecule has 0 aliphatic rings. The normalized spacial score (nSPS) is 10.6. The van der Waals surface area contributed by atoms with Crippen LogP contribution in [-0.4, -0.2) is 15.0 Å². The van der Waals surface area contributed by atoms with Gasteiger partial charge in [-0.3, -0.25) is 9.97 Å². The summed E-state index contributed by atoms with van der Waals surface area (Å²) in [5, 5.41) is 5.20. The first-order valence-corrected chi connectivity index (χ1v) is 10.1. The van der Waals surface area contributed by atoms with E-state index in [1.165, 1.54) is 10.6 Å². The fourth-order valence-corrected chi connectivity index (χ4v) is 3.24. The van der Waals surface area contributed by atoms with Gasteiger partial charge in [-0.25, -0.2) is 4.98 Å². The minimum atomic E-state index is 0.222. The first kappa shape index (κ1) is 19.9. The molecular formula is C17H25N3S3. The SMILES string of the molecule is CC(C)(C)c1cscn1.CC(C)c1cncs1.Cc1nccs1. The van der Waals surface area contributed by atoms with Gasteiger partial charge in [0.2, 0.25) is 0 Å². The molecule has 3 aromatic heterocycles. The van der Waals surface area contributed by atoms with Gasteiger partial charge in [0.05, 0.1) is 21.7 Å². The summed E-state index contributed by atoms with van der Waals surface area (Å²) in [5.41, 5.74) is 5.16. The number of hydrogen-bond acceptors (Lipinski definition) is 6. The maximum atomic E-state index is 4.21. The second-order valence-electron chi connectivity index (χ2n) is 6.23. The van der Waals surface area contributed by atoms with Crippen molar-refractivity contribution in [3.63, 3.8) is 0 Å². The van der Waals surface area contributed by atoms with Crippen molar-refractivity contribution in [3.8, 4) is 0 Å². The van der Waals surface area contributed by atoms with E-state index in [1.807, 2.05) is 29.5 Å². The molecule has 0 atom stereocenters. The molecule has 0 N–H and O–H groups in total. The predicted octanol–water partition coefficient (Wildman–Crippen LogP) is 6.16. The Kier molecular flexibility index (Phi) is 8.58. The number of rotatable bonds is 1. The first-order valence-electron chi connectivity index (χ1n) is 7.44. The molecule has 3 nitrogen and oxygen atoms in total. The smallest absolute Gasteiger partial charge is 0.0893 e. The van der Waals surface area contributed by atoms with E-state index in [-0.39, 0.29) is 5.41 Å². The van der Waals surface area contributed by atoms with Crippen molar-refractivity contribution in [1.82, 2.24) is 15.0 Å². The molecule has 3 aromatic rings. The van der Waals surface area contributed by atoms with Gasteiger partial charge in [-0.05, 0) is 12.8 Å². The number of thiazole rings is 3. The zero-order chi connectivity index (χ0) is 17.3. The summed E-state index contributed by atoms with van der Waals surface area (Å²) in [5.74, 6) is 0.641. The van der Waals surface area contributed by atoms with Gasteiger partial charge in [-0.1, -0.05) is 34.6 Å². The summed E-state index contributed by atoms with van der Waals surface area (Å²) in [4.78, 5) is 13.5. The van der Waals surface area contributed by atoms with Crippen LogP contribution in [0.3, 0.4) is 0 Å². The van der Waals surface area contributed by atoms with E-state index in [0.717, 1.165) is 5.01 Å². The molecule has 0 saturated carbocycles. The van der Waals surface area contributed by atoms with E-state index >= 15 is 0 Å². The van der Waals surface area contributed by atoms with Crippen LogP contribution in [0.1, 0.15) is 56.1 Å². The average Bonchev–Trinajstić information content (AvgIpc) is 3.23. The van der Waals surface area contributed by atoms with Crippen molar-refractivity contribution < 1.29 is 0 Å². The maximum Gasteiger partial charge on any atom is 0.0893 e. The third-order valence-corrected chi connectivity index (χ3v) is 5.14. The van der Waals surface area contributed by atoms with E-state index in [0.29, 0.717) is 5.92 Å². The Hall–Kier alpha value is -1.11. The lowest BCUT2D eigenvalue weighted by atomic mass is 9.93. The van der Waals surface area contributed by atoms with Crippen LogP contribution in [0.2, 0.25) is 0 Å². The summed E-state index contributed by atoms with van der Waals surface area (Å²) >= 11 is 5.04. The molecule has 3 heterocycles. The number of aromatic nitrogens is 3. The van der Waals surface area contributed by atoms with Crippen LogP contribution >= 0.6 is 34.0 Å². The monoisotopic (exact) mass is 367 g/mol. The largest absolute Gasteiger partial charge is 0.253 e. The van der Waals surface area contributed by atoms with Gasteiger partial charge >= 0.3 is 0 Å². The number of aryl methyl sites for hydroxylation is 1. The van der Waals surface area contributed by atoms with Crippen molar-refractivity contribution in [3.05, 3.63) is 49.8 Å². The lowest BCUT2D eigenvalue weighted by molar-refractivity contribution is 0.573. The van der Waals surface area contributed by atoms with Crippen LogP contribution in [0.25, 0.3) is 0 Å². The Labute approximate surface area is 151 Å². The van der Waals surface area contributed by atoms with Gasteiger partial charge in [0.25, 0.3) is 0 Å². The standard InChI is InChI=1S/C7H11NS.C6H9NS.C4H5NS/c1-7(2,3)6-4-9-5-8-6;1-5(2)6-3-7-4-8-6;1-4-5-2-3-6-4/h4-5H,1-3H3;3-5H,1-2H3;2-3H,1H3. The summed E-state index contributed by atoms with van der Waals surface area (Å²) in [6, 6.07) is 0. The molecule has 23 heavy (non-hydrogen) atoms. The van der Waals surface area contributed by atoms with Gasteiger partial charge in [0, 0.05) is 33.4 Å². The predicted molar refractivity (Wildman–Crippen MR) is 104 cm³/mol. The summed E-state index contributed by atoms with van der Waals surface area (Å²) in [6.45, 7) is 12.8. The molecule has 0 fully saturated rings. The maximum absolute atomic E-state index is 4.21. The van der Waals surface area contributed by atoms with Crippen LogP contribution in [0.15, 0.2) is 34.2 Å². The second kappa shape index (κ2) is 9.90. The molecule has 3 rings (SSSR count). The van der Waals surface area contributed by atoms with Gasteiger partial charge < -0.3 is 0 Å². The molecule has 0 amide bonds. The van der Waals surface area contributed by atoms with Crippen molar-refractivity contribution in [1.29, 1.82) is 0 Å². The van der Waals surface area contributed by atoms with Crippen LogP contribution < -0.4 is 0 Å². The second-order valence-corrected chi connectivity index (χ2v) is 8.97. The van der Waals surface area contributed by atoms with Crippen LogP contribution in [0, 0.1) is 6.92 Å². The van der Waals surface area contributed by atoms with Gasteiger partial charge in [0.1, 0.15) is 0 Å². The van der Waals surface area contributed by atoms with Crippen LogP contribution in [0.5, 0.6) is 0 Å². The molecule has 0 unspecified atom stereocenters. The highest BCUT2D eigenvalue weighted by Crippen LogP contribution is 2.20. The molecule has 0 aromatic carbocycles. The van der Waals surface area contributed by atoms with Crippen molar-refractivity contribution in [2.24, 2.45) is 0 Å². The molecular weight excluding hydrogens is 342 g/mol. The minimum absolute atomic E-state index is 0.222. The zero-order valence-corrected chi connectivity index (χ0v) is 17.1. The first-order chi connectivity index (χ1) is 10.8. The van der Waals surface area contributed by atoms with E-state index in [4.69, 9.17) is 0 Å². The number of nitrogens with zero attached hydrogens (tertiary/aromatic N) is 3. The molecule has 0 aliphatic heterocycles. The Morgan fingerprint density at radius 2 is 1.78 bits per heavy atom. The van der Waals surface area contributed by atoms with Gasteiger partial charge in [0.15, 0.2) is 0 Å². The van der Waals surface area contributed by atoms with Crippen LogP contribution in [0.4, 0.5) is 0 Å². The third-order valence-electron chi connectivity index (χ3n) is 2.78. The lowest BCUT2D eigenvalue weighted by Gasteiger charge is -2.13. The molecule has 126 valence electrons. The molecule has 0 radical (unpaired) electrons. The number of hydrogen-bond donors (Lipinski definition) is 0. The molecule has 0 spiro atoms. The van der Waals surface area contributed by atoms with E-state index in [2.05, 4.69) is 55.0 Å². The molecule has 0 bridgehead atoms. The van der Waals surface area contributed by atoms with E-state index in [9.17, 15) is 0 Å². The van der Waals surface area contributed by atoms with Crippen molar-refractivity contribution in [2.45, 2.75) is 52.9 Å². The Morgan fingerprint density at radius 1 is 1.04 bits per heavy atom. The van der Waals surface area contributed by atoms with E-state index < -0.39 is 0 Å². The molecule has 6 heteroatoms. The minimum Gasteiger partial charge on any atom is -0.253 e. The molecule has 0 saturated heterocycles. The average molecular weight is 368 g/mol. The zero-order valence-electron chi connectivity index (χ0n) is 14.6. The highest BCUT2D eigenvalue weighted by Gasteiger charge is 2.14. The van der Waals surface area contributed by atoms with Crippen molar-refractivity contribution in [2.75, 3.05) is 0 Å². The highest BCUT2D eigenvalue weighted by atomic mass is 32.1. The Balaban J connectivity index is 0.000000176. The van der Waals surface area contributed by atoms with Gasteiger partial charge in [-0.15, -0.1) is 34.0 Å². The Morgan fingerprint density at radius 3 is 2.00 bits per heavy atom. The van der Waals surface area contributed by atoms with Gasteiger partial charge in [-0.2, -0.15) is 0 Å². The quantitative estimate of drug-likeness (QED) is 0.517. The summed E-state index contributed by atoms with van der Waals surface area (Å²) in [6.07, 6.45) is 3.73. The third kappa shape index (κ3) is 8.34.